The molecular formula is C13H20O3S. The van der Waals surface area contributed by atoms with Gasteiger partial charge in [-0.3, -0.25) is 0 Å². The van der Waals surface area contributed by atoms with Crippen molar-refractivity contribution >= 4 is 17.3 Å². The minimum absolute atomic E-state index is 0.202. The van der Waals surface area contributed by atoms with Crippen molar-refractivity contribution in [2.45, 2.75) is 39.2 Å². The first-order chi connectivity index (χ1) is 7.83. The van der Waals surface area contributed by atoms with Crippen LogP contribution in [0.25, 0.3) is 0 Å². The molecule has 0 bridgehead atoms. The van der Waals surface area contributed by atoms with Gasteiger partial charge in [-0.1, -0.05) is 20.8 Å². The number of ether oxygens (including phenoxy) is 1. The van der Waals surface area contributed by atoms with Crippen molar-refractivity contribution in [2.75, 3.05) is 7.11 Å². The van der Waals surface area contributed by atoms with Gasteiger partial charge in [0.05, 0.1) is 7.11 Å². The molecule has 0 amide bonds. The molecule has 2 atom stereocenters. The first kappa shape index (κ1) is 14.2. The number of hydrogen-bond acceptors (Lipinski definition) is 4. The number of carbonyl (C=O) groups excluding carboxylic acids is 1. The van der Waals surface area contributed by atoms with E-state index in [1.807, 2.05) is 39.8 Å². The van der Waals surface area contributed by atoms with E-state index in [9.17, 15) is 9.90 Å². The summed E-state index contributed by atoms with van der Waals surface area (Å²) in [6.07, 6.45) is 0. The molecule has 0 aliphatic carbocycles. The molecule has 0 aliphatic rings. The summed E-state index contributed by atoms with van der Waals surface area (Å²) in [6, 6.07) is 3.95. The molecule has 1 rings (SSSR count). The average molecular weight is 256 g/mol. The lowest BCUT2D eigenvalue weighted by Crippen LogP contribution is -2.48. The van der Waals surface area contributed by atoms with Gasteiger partial charge in [0.25, 0.3) is 0 Å². The van der Waals surface area contributed by atoms with Gasteiger partial charge in [-0.2, -0.15) is 0 Å². The predicted octanol–water partition coefficient (Wildman–Crippen LogP) is 2.72. The van der Waals surface area contributed by atoms with E-state index in [0.717, 1.165) is 4.88 Å². The standard InChI is InChI=1S/C13H20O3S/c1-8(2)13(15,12(14)16-5)10(4)11-7-6-9(3)17-11/h6-8,10,15H,1-5H3. The van der Waals surface area contributed by atoms with Crippen LogP contribution in [0, 0.1) is 12.8 Å². The van der Waals surface area contributed by atoms with E-state index < -0.39 is 11.6 Å². The number of carbonyl (C=O) groups is 1. The van der Waals surface area contributed by atoms with Crippen molar-refractivity contribution in [2.24, 2.45) is 5.92 Å². The molecule has 1 aromatic heterocycles. The molecular weight excluding hydrogens is 236 g/mol. The topological polar surface area (TPSA) is 46.5 Å². The van der Waals surface area contributed by atoms with Gasteiger partial charge in [-0.25, -0.2) is 4.79 Å². The third-order valence-electron chi connectivity index (χ3n) is 3.24. The highest BCUT2D eigenvalue weighted by Crippen LogP contribution is 2.38. The molecule has 2 unspecified atom stereocenters. The van der Waals surface area contributed by atoms with Crippen molar-refractivity contribution in [1.82, 2.24) is 0 Å². The first-order valence-corrected chi connectivity index (χ1v) is 6.52. The van der Waals surface area contributed by atoms with Crippen LogP contribution < -0.4 is 0 Å². The van der Waals surface area contributed by atoms with E-state index in [4.69, 9.17) is 4.74 Å². The fourth-order valence-electron chi connectivity index (χ4n) is 1.98. The Hall–Kier alpha value is -0.870. The summed E-state index contributed by atoms with van der Waals surface area (Å²) in [5.41, 5.74) is -1.47. The van der Waals surface area contributed by atoms with Crippen LogP contribution in [-0.4, -0.2) is 23.8 Å². The Morgan fingerprint density at radius 3 is 2.35 bits per heavy atom. The Balaban J connectivity index is 3.11. The highest BCUT2D eigenvalue weighted by Gasteiger charge is 2.46. The maximum Gasteiger partial charge on any atom is 0.338 e. The smallest absolute Gasteiger partial charge is 0.338 e. The molecule has 4 heteroatoms. The average Bonchev–Trinajstić information content (AvgIpc) is 2.72. The molecule has 1 heterocycles. The van der Waals surface area contributed by atoms with E-state index in [-0.39, 0.29) is 11.8 Å². The fourth-order valence-corrected chi connectivity index (χ4v) is 2.98. The third kappa shape index (κ3) is 2.53. The van der Waals surface area contributed by atoms with E-state index in [2.05, 4.69) is 0 Å². The van der Waals surface area contributed by atoms with Crippen LogP contribution in [-0.2, 0) is 9.53 Å². The zero-order chi connectivity index (χ0) is 13.2. The number of methoxy groups -OCH3 is 1. The molecule has 3 nitrogen and oxygen atoms in total. The van der Waals surface area contributed by atoms with Crippen molar-refractivity contribution in [3.8, 4) is 0 Å². The van der Waals surface area contributed by atoms with Crippen LogP contribution in [0.15, 0.2) is 12.1 Å². The molecule has 1 N–H and O–H groups in total. The van der Waals surface area contributed by atoms with E-state index >= 15 is 0 Å². The van der Waals surface area contributed by atoms with Crippen LogP contribution in [0.4, 0.5) is 0 Å². The molecule has 96 valence electrons. The predicted molar refractivity (Wildman–Crippen MR) is 69.3 cm³/mol. The molecule has 0 fully saturated rings. The lowest BCUT2D eigenvalue weighted by Gasteiger charge is -2.34. The van der Waals surface area contributed by atoms with Gasteiger partial charge in [-0.05, 0) is 25.0 Å². The molecule has 1 aromatic rings. The summed E-state index contributed by atoms with van der Waals surface area (Å²) >= 11 is 1.60. The number of aryl methyl sites for hydroxylation is 1. The second kappa shape index (κ2) is 5.19. The summed E-state index contributed by atoms with van der Waals surface area (Å²) in [5, 5.41) is 10.6. The van der Waals surface area contributed by atoms with Gasteiger partial charge in [0.1, 0.15) is 0 Å². The summed E-state index contributed by atoms with van der Waals surface area (Å²) in [4.78, 5) is 14.0. The molecule has 0 aromatic carbocycles. The SMILES string of the molecule is COC(=O)C(O)(C(C)C)C(C)c1ccc(C)s1. The van der Waals surface area contributed by atoms with E-state index in [1.54, 1.807) is 11.3 Å². The number of hydrogen-bond donors (Lipinski definition) is 1. The van der Waals surface area contributed by atoms with Crippen LogP contribution in [0.2, 0.25) is 0 Å². The summed E-state index contributed by atoms with van der Waals surface area (Å²) in [5.74, 6) is -1.04. The van der Waals surface area contributed by atoms with Crippen LogP contribution >= 0.6 is 11.3 Å². The Kier molecular flexibility index (Phi) is 4.33. The zero-order valence-corrected chi connectivity index (χ0v) is 11.8. The van der Waals surface area contributed by atoms with Crippen molar-refractivity contribution in [3.63, 3.8) is 0 Å². The normalized spacial score (nSPS) is 16.6. The Morgan fingerprint density at radius 2 is 2.00 bits per heavy atom. The largest absolute Gasteiger partial charge is 0.467 e. The van der Waals surface area contributed by atoms with E-state index in [0.29, 0.717) is 0 Å². The van der Waals surface area contributed by atoms with Crippen LogP contribution in [0.5, 0.6) is 0 Å². The van der Waals surface area contributed by atoms with Gasteiger partial charge in [-0.15, -0.1) is 11.3 Å². The van der Waals surface area contributed by atoms with Crippen molar-refractivity contribution < 1.29 is 14.6 Å². The van der Waals surface area contributed by atoms with Crippen LogP contribution in [0.1, 0.15) is 36.4 Å². The van der Waals surface area contributed by atoms with E-state index in [1.165, 1.54) is 12.0 Å². The highest BCUT2D eigenvalue weighted by molar-refractivity contribution is 7.12. The maximum atomic E-state index is 11.8. The maximum absolute atomic E-state index is 11.8. The minimum Gasteiger partial charge on any atom is -0.467 e. The highest BCUT2D eigenvalue weighted by atomic mass is 32.1. The quantitative estimate of drug-likeness (QED) is 0.843. The molecule has 0 radical (unpaired) electrons. The molecule has 0 spiro atoms. The number of esters is 1. The van der Waals surface area contributed by atoms with Crippen molar-refractivity contribution in [1.29, 1.82) is 0 Å². The third-order valence-corrected chi connectivity index (χ3v) is 4.42. The van der Waals surface area contributed by atoms with Gasteiger partial charge < -0.3 is 9.84 Å². The fraction of sp³-hybridized carbons (Fsp3) is 0.615. The minimum atomic E-state index is -1.47. The lowest BCUT2D eigenvalue weighted by molar-refractivity contribution is -0.170. The van der Waals surface area contributed by atoms with Gasteiger partial charge in [0.2, 0.25) is 0 Å². The second-order valence-corrected chi connectivity index (χ2v) is 5.96. The van der Waals surface area contributed by atoms with Crippen molar-refractivity contribution in [3.05, 3.63) is 21.9 Å². The Morgan fingerprint density at radius 1 is 1.41 bits per heavy atom. The Labute approximate surface area is 106 Å². The van der Waals surface area contributed by atoms with Gasteiger partial charge >= 0.3 is 5.97 Å². The molecule has 0 saturated carbocycles. The number of aliphatic hydroxyl groups is 1. The van der Waals surface area contributed by atoms with Gasteiger partial charge in [0.15, 0.2) is 5.60 Å². The number of thiophene rings is 1. The zero-order valence-electron chi connectivity index (χ0n) is 11.0. The summed E-state index contributed by atoms with van der Waals surface area (Å²) in [6.45, 7) is 7.53. The first-order valence-electron chi connectivity index (χ1n) is 5.71. The van der Waals surface area contributed by atoms with Gasteiger partial charge in [0, 0.05) is 15.7 Å². The molecule has 17 heavy (non-hydrogen) atoms. The molecule has 0 aliphatic heterocycles. The number of rotatable bonds is 4. The summed E-state index contributed by atoms with van der Waals surface area (Å²) in [7, 11) is 1.31. The Bertz CT molecular complexity index is 397. The second-order valence-electron chi connectivity index (χ2n) is 4.64. The monoisotopic (exact) mass is 256 g/mol. The van der Waals surface area contributed by atoms with Crippen LogP contribution in [0.3, 0.4) is 0 Å². The molecule has 0 saturated heterocycles. The summed E-state index contributed by atoms with van der Waals surface area (Å²) < 4.78 is 4.74. The lowest BCUT2D eigenvalue weighted by atomic mass is 9.78.